The minimum atomic E-state index is -4.43. The van der Waals surface area contributed by atoms with E-state index < -0.39 is 36.5 Å². The van der Waals surface area contributed by atoms with Crippen LogP contribution in [0.1, 0.15) is 103 Å². The molecule has 0 radical (unpaired) electrons. The number of aryl methyl sites for hydroxylation is 2. The Morgan fingerprint density at radius 2 is 1.81 bits per heavy atom. The second kappa shape index (κ2) is 20.4. The summed E-state index contributed by atoms with van der Waals surface area (Å²) in [7, 11) is 1.72. The summed E-state index contributed by atoms with van der Waals surface area (Å²) >= 11 is 0. The second-order valence-corrected chi connectivity index (χ2v) is 16.2. The molecule has 1 saturated carbocycles. The minimum absolute atomic E-state index is 0.0111. The predicted octanol–water partition coefficient (Wildman–Crippen LogP) is 5.03. The molecule has 342 valence electrons. The van der Waals surface area contributed by atoms with Crippen LogP contribution in [0, 0.1) is 5.92 Å². The number of aromatic nitrogens is 6. The van der Waals surface area contributed by atoms with Crippen molar-refractivity contribution in [2.24, 2.45) is 18.7 Å². The maximum atomic E-state index is 13.2. The quantitative estimate of drug-likeness (QED) is 0.0512. The lowest BCUT2D eigenvalue weighted by atomic mass is 9.86. The Morgan fingerprint density at radius 1 is 1.03 bits per heavy atom. The number of para-hydroxylation sites is 1. The third-order valence-corrected chi connectivity index (χ3v) is 11.6. The number of alkyl halides is 3. The number of nitrogens with zero attached hydrogens (tertiary/aromatic N) is 6. The number of unbranched alkanes of at least 4 members (excludes halogenated alkanes) is 2. The predicted molar refractivity (Wildman–Crippen MR) is 228 cm³/mol. The van der Waals surface area contributed by atoms with Crippen LogP contribution >= 0.6 is 0 Å². The maximum absolute atomic E-state index is 13.2. The first-order valence-electron chi connectivity index (χ1n) is 21.5. The van der Waals surface area contributed by atoms with Gasteiger partial charge in [-0.25, -0.2) is 14.8 Å². The number of carbonyl (C=O) groups is 4. The normalized spacial score (nSPS) is 18.0. The molecule has 21 heteroatoms. The molecule has 1 saturated heterocycles. The molecule has 0 spiro atoms. The number of piperidine rings is 1. The number of imide groups is 1. The fraction of sp³-hybridized carbons (Fsp3) is 0.488. The zero-order chi connectivity index (χ0) is 45.4. The Kier molecular flexibility index (Phi) is 14.6. The Labute approximate surface area is 365 Å². The number of oxazole rings is 1. The van der Waals surface area contributed by atoms with Crippen molar-refractivity contribution in [1.82, 2.24) is 39.5 Å². The molecular weight excluding hydrogens is 840 g/mol. The second-order valence-electron chi connectivity index (χ2n) is 16.2. The van der Waals surface area contributed by atoms with Crippen LogP contribution in [0.4, 0.5) is 24.7 Å². The fourth-order valence-corrected chi connectivity index (χ4v) is 8.35. The van der Waals surface area contributed by atoms with Gasteiger partial charge in [-0.1, -0.05) is 12.1 Å². The van der Waals surface area contributed by atoms with Crippen LogP contribution in [0.15, 0.2) is 58.2 Å². The smallest absolute Gasteiger partial charge is 0.405 e. The van der Waals surface area contributed by atoms with Gasteiger partial charge in [0.15, 0.2) is 11.4 Å². The van der Waals surface area contributed by atoms with E-state index in [0.29, 0.717) is 36.6 Å². The zero-order valence-electron chi connectivity index (χ0n) is 35.4. The van der Waals surface area contributed by atoms with Crippen molar-refractivity contribution in [2.45, 2.75) is 88.9 Å². The molecule has 4 aromatic heterocycles. The molecule has 1 aromatic carbocycles. The number of benzene rings is 1. The van der Waals surface area contributed by atoms with Crippen LogP contribution in [0.25, 0.3) is 22.5 Å². The summed E-state index contributed by atoms with van der Waals surface area (Å²) in [6, 6.07) is 7.85. The lowest BCUT2D eigenvalue weighted by molar-refractivity contribution is -0.135. The lowest BCUT2D eigenvalue weighted by Gasteiger charge is -2.28. The first-order chi connectivity index (χ1) is 30.8. The van der Waals surface area contributed by atoms with E-state index in [4.69, 9.17) is 14.9 Å². The molecule has 2 aliphatic rings. The molecule has 0 bridgehead atoms. The fourth-order valence-electron chi connectivity index (χ4n) is 8.35. The zero-order valence-corrected chi connectivity index (χ0v) is 35.4. The number of nitrogens with one attached hydrogen (secondary N) is 4. The Hall–Kier alpha value is -6.35. The Balaban J connectivity index is 0.779. The van der Waals surface area contributed by atoms with Gasteiger partial charge in [0, 0.05) is 44.6 Å². The van der Waals surface area contributed by atoms with Gasteiger partial charge in [0.05, 0.1) is 22.8 Å². The highest BCUT2D eigenvalue weighted by molar-refractivity contribution is 6.07. The monoisotopic (exact) mass is 891 g/mol. The van der Waals surface area contributed by atoms with Gasteiger partial charge in [-0.15, -0.1) is 0 Å². The molecule has 1 unspecified atom stereocenters. The molecule has 6 N–H and O–H groups in total. The van der Waals surface area contributed by atoms with Crippen LogP contribution in [0.5, 0.6) is 0 Å². The van der Waals surface area contributed by atoms with Gasteiger partial charge < -0.3 is 30.8 Å². The van der Waals surface area contributed by atoms with Crippen molar-refractivity contribution in [2.75, 3.05) is 43.5 Å². The van der Waals surface area contributed by atoms with Gasteiger partial charge in [0.25, 0.3) is 11.8 Å². The van der Waals surface area contributed by atoms with E-state index in [1.54, 1.807) is 22.5 Å². The molecule has 1 atom stereocenters. The van der Waals surface area contributed by atoms with Crippen LogP contribution in [-0.4, -0.2) is 91.5 Å². The van der Waals surface area contributed by atoms with Gasteiger partial charge in [-0.2, -0.15) is 18.3 Å². The number of halogens is 3. The third-order valence-electron chi connectivity index (χ3n) is 11.6. The van der Waals surface area contributed by atoms with Crippen molar-refractivity contribution in [1.29, 1.82) is 0 Å². The Bertz CT molecular complexity index is 2520. The highest BCUT2D eigenvalue weighted by Crippen LogP contribution is 2.33. The number of ether oxygens (including phenoxy) is 1. The van der Waals surface area contributed by atoms with Gasteiger partial charge in [-0.05, 0) is 107 Å². The van der Waals surface area contributed by atoms with Crippen LogP contribution in [0.3, 0.4) is 0 Å². The minimum Gasteiger partial charge on any atom is -0.444 e. The number of nitrogens with two attached hydrogens (primary N) is 1. The van der Waals surface area contributed by atoms with Gasteiger partial charge >= 0.3 is 11.9 Å². The highest BCUT2D eigenvalue weighted by Gasteiger charge is 2.32. The number of carbonyl (C=O) groups excluding carboxylic acids is 4. The van der Waals surface area contributed by atoms with E-state index in [0.717, 1.165) is 88.2 Å². The highest BCUT2D eigenvalue weighted by atomic mass is 19.4. The standard InChI is InChI=1S/C43H52F3N11O7/c1-55-37-27(8-6-9-32(37)57(42(55)62)33-14-15-35(58)53-40(33)61)7-2-4-19-63-20-5-3-17-48-22-26-10-12-29(13-11-26)56-23-30(36(54-56)38(47)59)51-39(60)31-24-64-41(52-31)28-16-18-49-34(21-28)50-25-43(44,45)46/h6,8-9,16,18,21,23-24,26,29,33,48H,2-5,7,10-15,17,19-20,22,25H2,1H3,(H2,47,59)(H,49,50)(H,51,60)(H,53,58,61)/t26-,29-,33?. The molecule has 2 fully saturated rings. The number of anilines is 2. The average molecular weight is 892 g/mol. The third kappa shape index (κ3) is 11.2. The van der Waals surface area contributed by atoms with E-state index in [-0.39, 0.29) is 52.8 Å². The first kappa shape index (κ1) is 45.7. The van der Waals surface area contributed by atoms with Gasteiger partial charge in [-0.3, -0.25) is 38.3 Å². The van der Waals surface area contributed by atoms with E-state index in [2.05, 4.69) is 36.3 Å². The number of rotatable bonds is 20. The molecular formula is C43H52F3N11O7. The molecule has 7 rings (SSSR count). The topological polar surface area (TPSA) is 235 Å². The summed E-state index contributed by atoms with van der Waals surface area (Å²) in [4.78, 5) is 70.8. The van der Waals surface area contributed by atoms with E-state index in [1.807, 2.05) is 18.2 Å². The number of primary amides is 1. The van der Waals surface area contributed by atoms with Gasteiger partial charge in [0.1, 0.15) is 24.7 Å². The van der Waals surface area contributed by atoms with Crippen molar-refractivity contribution in [3.05, 3.63) is 76.4 Å². The van der Waals surface area contributed by atoms with Crippen molar-refractivity contribution in [3.63, 3.8) is 0 Å². The molecule has 1 aliphatic heterocycles. The molecule has 4 amide bonds. The molecule has 5 heterocycles. The molecule has 18 nitrogen and oxygen atoms in total. The lowest BCUT2D eigenvalue weighted by Crippen LogP contribution is -2.44. The van der Waals surface area contributed by atoms with Crippen LogP contribution < -0.4 is 32.7 Å². The van der Waals surface area contributed by atoms with Crippen LogP contribution in [0.2, 0.25) is 0 Å². The summed E-state index contributed by atoms with van der Waals surface area (Å²) in [5, 5.41) is 15.2. The van der Waals surface area contributed by atoms with Crippen molar-refractivity contribution >= 4 is 46.2 Å². The average Bonchev–Trinajstić information content (AvgIpc) is 4.00. The first-order valence-corrected chi connectivity index (χ1v) is 21.5. The number of hydrogen-bond donors (Lipinski definition) is 5. The Morgan fingerprint density at radius 3 is 2.56 bits per heavy atom. The maximum Gasteiger partial charge on any atom is 0.405 e. The van der Waals surface area contributed by atoms with E-state index in [1.165, 1.54) is 22.9 Å². The van der Waals surface area contributed by atoms with E-state index >= 15 is 0 Å². The summed E-state index contributed by atoms with van der Waals surface area (Å²) in [6.07, 6.45) is 8.03. The van der Waals surface area contributed by atoms with Crippen molar-refractivity contribution < 1.29 is 41.5 Å². The van der Waals surface area contributed by atoms with E-state index in [9.17, 15) is 37.1 Å². The number of hydrogen-bond acceptors (Lipinski definition) is 12. The summed E-state index contributed by atoms with van der Waals surface area (Å²) < 4.78 is 54.0. The van der Waals surface area contributed by atoms with Gasteiger partial charge in [0.2, 0.25) is 17.7 Å². The number of amides is 4. The number of fused-ring (bicyclic) bond motifs is 1. The SMILES string of the molecule is Cn1c(=O)n(C2CCC(=O)NC2=O)c2cccc(CCCCOCCCCNC[C@H]3CC[C@H](n4cc(NC(=O)c5coc(-c6ccnc(NCC(F)(F)F)c6)n5)c(C(N)=O)n4)CC3)c21. The summed E-state index contributed by atoms with van der Waals surface area (Å²) in [5.41, 5.74) is 8.08. The largest absolute Gasteiger partial charge is 0.444 e. The van der Waals surface area contributed by atoms with Crippen molar-refractivity contribution in [3.8, 4) is 11.5 Å². The molecule has 1 aliphatic carbocycles. The molecule has 64 heavy (non-hydrogen) atoms. The summed E-state index contributed by atoms with van der Waals surface area (Å²) in [6.45, 7) is 1.81. The van der Waals surface area contributed by atoms with Crippen LogP contribution in [-0.2, 0) is 27.8 Å². The summed E-state index contributed by atoms with van der Waals surface area (Å²) in [5.74, 6) is -1.84. The number of imidazole rings is 1. The molecule has 5 aromatic rings. The number of pyridine rings is 1.